The van der Waals surface area contributed by atoms with Crippen LogP contribution < -0.4 is 5.32 Å². The predicted molar refractivity (Wildman–Crippen MR) is 84.5 cm³/mol. The smallest absolute Gasteiger partial charge is 0.292 e. The Morgan fingerprint density at radius 3 is 2.80 bits per heavy atom. The number of thioether (sulfide) groups is 1. The Kier molecular flexibility index (Phi) is 5.67. The van der Waals surface area contributed by atoms with E-state index in [4.69, 9.17) is 0 Å². The summed E-state index contributed by atoms with van der Waals surface area (Å²) < 4.78 is 0. The van der Waals surface area contributed by atoms with Crippen molar-refractivity contribution in [1.82, 2.24) is 4.90 Å². The molecule has 0 aromatic heterocycles. The molecule has 0 spiro atoms. The predicted octanol–water partition coefficient (Wildman–Crippen LogP) is 2.97. The van der Waals surface area contributed by atoms with Gasteiger partial charge in [0.25, 0.3) is 5.69 Å². The van der Waals surface area contributed by atoms with E-state index < -0.39 is 0 Å². The van der Waals surface area contributed by atoms with E-state index in [9.17, 15) is 10.1 Å². The van der Waals surface area contributed by atoms with Crippen molar-refractivity contribution in [3.05, 3.63) is 33.9 Å². The van der Waals surface area contributed by atoms with Crippen molar-refractivity contribution >= 4 is 23.1 Å². The van der Waals surface area contributed by atoms with Crippen LogP contribution in [-0.2, 0) is 6.54 Å². The van der Waals surface area contributed by atoms with Crippen LogP contribution in [0, 0.1) is 10.1 Å². The molecule has 110 valence electrons. The van der Waals surface area contributed by atoms with Gasteiger partial charge in [-0.2, -0.15) is 11.8 Å². The molecule has 0 bridgehead atoms. The average molecular weight is 295 g/mol. The van der Waals surface area contributed by atoms with Gasteiger partial charge < -0.3 is 5.32 Å². The van der Waals surface area contributed by atoms with Crippen molar-refractivity contribution in [3.8, 4) is 0 Å². The monoisotopic (exact) mass is 295 g/mol. The summed E-state index contributed by atoms with van der Waals surface area (Å²) in [5.74, 6) is 2.35. The number of nitrogens with zero attached hydrogens (tertiary/aromatic N) is 2. The summed E-state index contributed by atoms with van der Waals surface area (Å²) in [5.41, 5.74) is 1.94. The van der Waals surface area contributed by atoms with Crippen LogP contribution in [0.25, 0.3) is 0 Å². The van der Waals surface area contributed by atoms with Crippen LogP contribution in [0.15, 0.2) is 18.2 Å². The molecule has 6 heteroatoms. The van der Waals surface area contributed by atoms with E-state index in [-0.39, 0.29) is 10.6 Å². The number of benzene rings is 1. The fourth-order valence-electron chi connectivity index (χ4n) is 2.26. The van der Waals surface area contributed by atoms with Gasteiger partial charge in [-0.25, -0.2) is 0 Å². The molecular weight excluding hydrogens is 274 g/mol. The van der Waals surface area contributed by atoms with Crippen molar-refractivity contribution < 1.29 is 4.92 Å². The zero-order chi connectivity index (χ0) is 14.4. The Balaban J connectivity index is 2.10. The first-order chi connectivity index (χ1) is 9.70. The summed E-state index contributed by atoms with van der Waals surface area (Å²) in [5, 5.41) is 14.2. The van der Waals surface area contributed by atoms with E-state index in [0.717, 1.165) is 38.2 Å². The Morgan fingerprint density at radius 1 is 1.40 bits per heavy atom. The molecule has 2 rings (SSSR count). The second kappa shape index (κ2) is 7.50. The van der Waals surface area contributed by atoms with E-state index >= 15 is 0 Å². The lowest BCUT2D eigenvalue weighted by Gasteiger charge is -2.26. The highest BCUT2D eigenvalue weighted by Crippen LogP contribution is 2.26. The molecule has 20 heavy (non-hydrogen) atoms. The average Bonchev–Trinajstić information content (AvgIpc) is 2.46. The van der Waals surface area contributed by atoms with Gasteiger partial charge in [-0.1, -0.05) is 13.0 Å². The molecular formula is C14H21N3O2S. The first kappa shape index (κ1) is 15.1. The molecule has 1 saturated heterocycles. The Morgan fingerprint density at radius 2 is 2.15 bits per heavy atom. The van der Waals surface area contributed by atoms with E-state index in [0.29, 0.717) is 5.69 Å². The maximum absolute atomic E-state index is 11.0. The van der Waals surface area contributed by atoms with Crippen LogP contribution in [0.3, 0.4) is 0 Å². The number of rotatable bonds is 6. The maximum Gasteiger partial charge on any atom is 0.292 e. The van der Waals surface area contributed by atoms with Crippen LogP contribution >= 0.6 is 11.8 Å². The molecule has 0 saturated carbocycles. The van der Waals surface area contributed by atoms with Gasteiger partial charge in [0.1, 0.15) is 5.69 Å². The molecule has 0 aliphatic carbocycles. The van der Waals surface area contributed by atoms with E-state index in [2.05, 4.69) is 10.2 Å². The topological polar surface area (TPSA) is 58.4 Å². The summed E-state index contributed by atoms with van der Waals surface area (Å²) in [7, 11) is 0. The first-order valence-corrected chi connectivity index (χ1v) is 8.17. The number of nitro benzene ring substituents is 1. The highest BCUT2D eigenvalue weighted by atomic mass is 32.2. The Labute approximate surface area is 123 Å². The summed E-state index contributed by atoms with van der Waals surface area (Å²) in [6.07, 6.45) is 0.949. The number of hydrogen-bond acceptors (Lipinski definition) is 5. The minimum Gasteiger partial charge on any atom is -0.379 e. The van der Waals surface area contributed by atoms with Crippen LogP contribution in [-0.4, -0.2) is 41.0 Å². The molecule has 1 fully saturated rings. The van der Waals surface area contributed by atoms with Gasteiger partial charge in [0.15, 0.2) is 0 Å². The van der Waals surface area contributed by atoms with E-state index in [1.165, 1.54) is 11.5 Å². The Bertz CT molecular complexity index is 462. The van der Waals surface area contributed by atoms with Crippen molar-refractivity contribution in [1.29, 1.82) is 0 Å². The molecule has 1 aliphatic rings. The minimum atomic E-state index is -0.320. The largest absolute Gasteiger partial charge is 0.379 e. The Hall–Kier alpha value is -1.27. The lowest BCUT2D eigenvalue weighted by Crippen LogP contribution is -2.31. The number of nitro groups is 1. The molecule has 5 nitrogen and oxygen atoms in total. The van der Waals surface area contributed by atoms with Crippen molar-refractivity contribution in [3.63, 3.8) is 0 Å². The standard InChI is InChI=1S/C14H21N3O2S/c1-2-5-15-13-10-12(3-4-14(13)17(18)19)11-16-6-8-20-9-7-16/h3-4,10,15H,2,5-9,11H2,1H3. The molecule has 1 aromatic carbocycles. The van der Waals surface area contributed by atoms with Crippen molar-refractivity contribution in [2.24, 2.45) is 0 Å². The normalized spacial score (nSPS) is 16.1. The van der Waals surface area contributed by atoms with Gasteiger partial charge >= 0.3 is 0 Å². The SMILES string of the molecule is CCCNc1cc(CN2CCSCC2)ccc1[N+](=O)[O-]. The molecule has 0 amide bonds. The van der Waals surface area contributed by atoms with Gasteiger partial charge in [-0.15, -0.1) is 0 Å². The first-order valence-electron chi connectivity index (χ1n) is 7.02. The van der Waals surface area contributed by atoms with E-state index in [1.807, 2.05) is 30.8 Å². The molecule has 1 aliphatic heterocycles. The third kappa shape index (κ3) is 4.11. The van der Waals surface area contributed by atoms with Crippen LogP contribution in [0.4, 0.5) is 11.4 Å². The van der Waals surface area contributed by atoms with Crippen LogP contribution in [0.5, 0.6) is 0 Å². The van der Waals surface area contributed by atoms with Crippen molar-refractivity contribution in [2.75, 3.05) is 36.5 Å². The maximum atomic E-state index is 11.0. The number of nitrogens with one attached hydrogen (secondary N) is 1. The third-order valence-corrected chi connectivity index (χ3v) is 4.28. The summed E-state index contributed by atoms with van der Waals surface area (Å²) in [6, 6.07) is 5.42. The molecule has 1 heterocycles. The summed E-state index contributed by atoms with van der Waals surface area (Å²) in [6.45, 7) is 5.87. The molecule has 0 atom stereocenters. The lowest BCUT2D eigenvalue weighted by atomic mass is 10.1. The highest BCUT2D eigenvalue weighted by Gasteiger charge is 2.16. The quantitative estimate of drug-likeness (QED) is 0.646. The second-order valence-corrected chi connectivity index (χ2v) is 6.15. The van der Waals surface area contributed by atoms with Gasteiger partial charge in [0.05, 0.1) is 4.92 Å². The fraction of sp³-hybridized carbons (Fsp3) is 0.571. The molecule has 0 unspecified atom stereocenters. The molecule has 1 N–H and O–H groups in total. The van der Waals surface area contributed by atoms with Gasteiger partial charge in [-0.05, 0) is 18.1 Å². The highest BCUT2D eigenvalue weighted by molar-refractivity contribution is 7.99. The zero-order valence-corrected chi connectivity index (χ0v) is 12.6. The molecule has 1 aromatic rings. The van der Waals surface area contributed by atoms with Crippen LogP contribution in [0.1, 0.15) is 18.9 Å². The zero-order valence-electron chi connectivity index (χ0n) is 11.8. The summed E-state index contributed by atoms with van der Waals surface area (Å²) >= 11 is 1.99. The number of anilines is 1. The van der Waals surface area contributed by atoms with Gasteiger partial charge in [0, 0.05) is 43.8 Å². The van der Waals surface area contributed by atoms with Gasteiger partial charge in [0.2, 0.25) is 0 Å². The van der Waals surface area contributed by atoms with E-state index in [1.54, 1.807) is 6.07 Å². The summed E-state index contributed by atoms with van der Waals surface area (Å²) in [4.78, 5) is 13.1. The third-order valence-electron chi connectivity index (χ3n) is 3.33. The van der Waals surface area contributed by atoms with Crippen LogP contribution in [0.2, 0.25) is 0 Å². The fourth-order valence-corrected chi connectivity index (χ4v) is 3.24. The number of hydrogen-bond donors (Lipinski definition) is 1. The minimum absolute atomic E-state index is 0.163. The lowest BCUT2D eigenvalue weighted by molar-refractivity contribution is -0.384. The van der Waals surface area contributed by atoms with Crippen molar-refractivity contribution in [2.45, 2.75) is 19.9 Å². The van der Waals surface area contributed by atoms with Gasteiger partial charge in [-0.3, -0.25) is 15.0 Å². The molecule has 0 radical (unpaired) electrons. The second-order valence-electron chi connectivity index (χ2n) is 4.92.